The van der Waals surface area contributed by atoms with Crippen LogP contribution in [0.5, 0.6) is 0 Å². The number of carbonyl (C=O) groups is 1. The number of rotatable bonds is 6. The molecule has 1 fully saturated rings. The van der Waals surface area contributed by atoms with Crippen LogP contribution in [0.3, 0.4) is 0 Å². The van der Waals surface area contributed by atoms with E-state index in [1.807, 2.05) is 23.1 Å². The number of halogens is 1. The van der Waals surface area contributed by atoms with Gasteiger partial charge in [-0.1, -0.05) is 46.4 Å². The molecular formula is C20H23ClN2O4S. The van der Waals surface area contributed by atoms with Gasteiger partial charge in [0.05, 0.1) is 12.1 Å². The van der Waals surface area contributed by atoms with Crippen LogP contribution in [-0.4, -0.2) is 50.4 Å². The SMILES string of the molecule is CON(C)S(=O)(=O)c1cc(C(=O)N2CCCC2Cc2ccccc2)ccc1Cl. The Morgan fingerprint density at radius 1 is 1.25 bits per heavy atom. The van der Waals surface area contributed by atoms with Crippen LogP contribution in [0.4, 0.5) is 0 Å². The number of sulfonamides is 1. The van der Waals surface area contributed by atoms with Crippen LogP contribution in [0.1, 0.15) is 28.8 Å². The molecule has 0 radical (unpaired) electrons. The van der Waals surface area contributed by atoms with E-state index >= 15 is 0 Å². The Bertz CT molecular complexity index is 950. The molecular weight excluding hydrogens is 400 g/mol. The average Bonchev–Trinajstić information content (AvgIpc) is 3.15. The summed E-state index contributed by atoms with van der Waals surface area (Å²) in [5.41, 5.74) is 1.47. The Balaban J connectivity index is 1.87. The molecule has 0 aromatic heterocycles. The maximum absolute atomic E-state index is 13.1. The molecule has 8 heteroatoms. The Kier molecular flexibility index (Phi) is 6.40. The van der Waals surface area contributed by atoms with Crippen molar-refractivity contribution >= 4 is 27.5 Å². The highest BCUT2D eigenvalue weighted by Crippen LogP contribution is 2.28. The Morgan fingerprint density at radius 2 is 1.96 bits per heavy atom. The van der Waals surface area contributed by atoms with E-state index in [1.165, 1.54) is 31.9 Å². The van der Waals surface area contributed by atoms with E-state index in [1.54, 1.807) is 6.07 Å². The predicted octanol–water partition coefficient (Wildman–Crippen LogP) is 3.37. The summed E-state index contributed by atoms with van der Waals surface area (Å²) in [6, 6.07) is 14.5. The van der Waals surface area contributed by atoms with E-state index in [2.05, 4.69) is 12.1 Å². The first-order chi connectivity index (χ1) is 13.3. The number of hydrogen-bond acceptors (Lipinski definition) is 4. The fraction of sp³-hybridized carbons (Fsp3) is 0.350. The van der Waals surface area contributed by atoms with Gasteiger partial charge in [-0.2, -0.15) is 0 Å². The number of hydrogen-bond donors (Lipinski definition) is 0. The molecule has 28 heavy (non-hydrogen) atoms. The van der Waals surface area contributed by atoms with Crippen molar-refractivity contribution in [2.45, 2.75) is 30.2 Å². The molecule has 0 saturated carbocycles. The highest BCUT2D eigenvalue weighted by molar-refractivity contribution is 7.89. The first-order valence-corrected chi connectivity index (χ1v) is 10.8. The van der Waals surface area contributed by atoms with Crippen LogP contribution in [0, 0.1) is 0 Å². The first-order valence-electron chi connectivity index (χ1n) is 9.02. The van der Waals surface area contributed by atoms with Crippen molar-refractivity contribution in [1.29, 1.82) is 0 Å². The highest BCUT2D eigenvalue weighted by atomic mass is 35.5. The van der Waals surface area contributed by atoms with Crippen molar-refractivity contribution < 1.29 is 18.0 Å². The average molecular weight is 423 g/mol. The van der Waals surface area contributed by atoms with Gasteiger partial charge in [0, 0.05) is 25.2 Å². The zero-order valence-electron chi connectivity index (χ0n) is 15.8. The van der Waals surface area contributed by atoms with E-state index in [0.717, 1.165) is 23.7 Å². The summed E-state index contributed by atoms with van der Waals surface area (Å²) in [7, 11) is -1.43. The van der Waals surface area contributed by atoms with Crippen LogP contribution < -0.4 is 0 Å². The van der Waals surface area contributed by atoms with Crippen LogP contribution in [0.15, 0.2) is 53.4 Å². The zero-order chi connectivity index (χ0) is 20.3. The van der Waals surface area contributed by atoms with Crippen molar-refractivity contribution in [2.75, 3.05) is 20.7 Å². The molecule has 2 aromatic carbocycles. The van der Waals surface area contributed by atoms with Crippen LogP contribution in [-0.2, 0) is 21.3 Å². The standard InChI is InChI=1S/C20H23ClN2O4S/c1-22(27-2)28(25,26)19-14-16(10-11-18(19)21)20(24)23-12-6-9-17(23)13-15-7-4-3-5-8-15/h3-5,7-8,10-11,14,17H,6,9,12-13H2,1-2H3. The lowest BCUT2D eigenvalue weighted by Crippen LogP contribution is -2.37. The van der Waals surface area contributed by atoms with Gasteiger partial charge < -0.3 is 4.90 Å². The van der Waals surface area contributed by atoms with Crippen molar-refractivity contribution in [3.05, 3.63) is 64.7 Å². The number of benzene rings is 2. The van der Waals surface area contributed by atoms with Crippen molar-refractivity contribution in [2.24, 2.45) is 0 Å². The fourth-order valence-corrected chi connectivity index (χ4v) is 4.91. The molecule has 0 N–H and O–H groups in total. The molecule has 1 heterocycles. The molecule has 1 saturated heterocycles. The number of hydroxylamine groups is 1. The molecule has 1 aliphatic rings. The summed E-state index contributed by atoms with van der Waals surface area (Å²) in [5, 5.41) is 0.0442. The summed E-state index contributed by atoms with van der Waals surface area (Å²) in [5.74, 6) is -0.188. The second kappa shape index (κ2) is 8.61. The number of nitrogens with zero attached hydrogens (tertiary/aromatic N) is 2. The molecule has 6 nitrogen and oxygen atoms in total. The number of carbonyl (C=O) groups excluding carboxylic acids is 1. The summed E-state index contributed by atoms with van der Waals surface area (Å²) < 4.78 is 25.9. The Hall–Kier alpha value is -1.93. The fourth-order valence-electron chi connectivity index (χ4n) is 3.44. The van der Waals surface area contributed by atoms with Gasteiger partial charge in [-0.3, -0.25) is 9.63 Å². The molecule has 1 unspecified atom stereocenters. The zero-order valence-corrected chi connectivity index (χ0v) is 17.4. The topological polar surface area (TPSA) is 66.9 Å². The Labute approximate surface area is 170 Å². The lowest BCUT2D eigenvalue weighted by atomic mass is 10.0. The van der Waals surface area contributed by atoms with Gasteiger partial charge in [-0.25, -0.2) is 8.42 Å². The molecule has 1 atom stereocenters. The largest absolute Gasteiger partial charge is 0.335 e. The predicted molar refractivity (Wildman–Crippen MR) is 108 cm³/mol. The smallest absolute Gasteiger partial charge is 0.266 e. The molecule has 1 amide bonds. The van der Waals surface area contributed by atoms with Crippen molar-refractivity contribution in [3.8, 4) is 0 Å². The van der Waals surface area contributed by atoms with E-state index in [0.29, 0.717) is 12.1 Å². The number of amides is 1. The monoisotopic (exact) mass is 422 g/mol. The van der Waals surface area contributed by atoms with E-state index in [9.17, 15) is 13.2 Å². The second-order valence-electron chi connectivity index (χ2n) is 6.73. The highest BCUT2D eigenvalue weighted by Gasteiger charge is 2.31. The minimum absolute atomic E-state index is 0.0442. The first kappa shape index (κ1) is 20.8. The van der Waals surface area contributed by atoms with Gasteiger partial charge in [-0.05, 0) is 43.0 Å². The third-order valence-electron chi connectivity index (χ3n) is 5.00. The molecule has 0 spiro atoms. The molecule has 0 bridgehead atoms. The van der Waals surface area contributed by atoms with E-state index in [-0.39, 0.29) is 21.9 Å². The maximum Gasteiger partial charge on any atom is 0.266 e. The van der Waals surface area contributed by atoms with Crippen molar-refractivity contribution in [1.82, 2.24) is 9.37 Å². The summed E-state index contributed by atoms with van der Waals surface area (Å²) in [6.07, 6.45) is 2.62. The normalized spacial score (nSPS) is 17.3. The van der Waals surface area contributed by atoms with Gasteiger partial charge in [0.25, 0.3) is 15.9 Å². The maximum atomic E-state index is 13.1. The molecule has 3 rings (SSSR count). The lowest BCUT2D eigenvalue weighted by molar-refractivity contribution is -0.0258. The van der Waals surface area contributed by atoms with E-state index in [4.69, 9.17) is 16.4 Å². The summed E-state index contributed by atoms with van der Waals surface area (Å²) in [4.78, 5) is 19.6. The van der Waals surface area contributed by atoms with Gasteiger partial charge in [0.1, 0.15) is 4.90 Å². The van der Waals surface area contributed by atoms with Crippen LogP contribution in [0.25, 0.3) is 0 Å². The minimum atomic E-state index is -3.95. The summed E-state index contributed by atoms with van der Waals surface area (Å²) in [6.45, 7) is 0.652. The summed E-state index contributed by atoms with van der Waals surface area (Å²) >= 11 is 6.10. The minimum Gasteiger partial charge on any atom is -0.335 e. The Morgan fingerprint density at radius 3 is 2.64 bits per heavy atom. The van der Waals surface area contributed by atoms with Crippen LogP contribution >= 0.6 is 11.6 Å². The van der Waals surface area contributed by atoms with Crippen molar-refractivity contribution in [3.63, 3.8) is 0 Å². The lowest BCUT2D eigenvalue weighted by Gasteiger charge is -2.25. The third-order valence-corrected chi connectivity index (χ3v) is 7.17. The number of likely N-dealkylation sites (tertiary alicyclic amines) is 1. The van der Waals surface area contributed by atoms with Crippen LogP contribution in [0.2, 0.25) is 5.02 Å². The molecule has 1 aliphatic heterocycles. The molecule has 150 valence electrons. The van der Waals surface area contributed by atoms with Gasteiger partial charge in [-0.15, -0.1) is 0 Å². The molecule has 2 aromatic rings. The van der Waals surface area contributed by atoms with E-state index < -0.39 is 10.0 Å². The third kappa shape index (κ3) is 4.22. The second-order valence-corrected chi connectivity index (χ2v) is 9.04. The van der Waals surface area contributed by atoms with Gasteiger partial charge >= 0.3 is 0 Å². The van der Waals surface area contributed by atoms with Gasteiger partial charge in [0.15, 0.2) is 0 Å². The molecule has 0 aliphatic carbocycles. The van der Waals surface area contributed by atoms with Gasteiger partial charge in [0.2, 0.25) is 0 Å². The quantitative estimate of drug-likeness (QED) is 0.669.